The molecule has 3 unspecified atom stereocenters. The predicted molar refractivity (Wildman–Crippen MR) is 103 cm³/mol. The van der Waals surface area contributed by atoms with Gasteiger partial charge in [0, 0.05) is 11.6 Å². The molecule has 154 valence electrons. The van der Waals surface area contributed by atoms with E-state index in [0.29, 0.717) is 5.69 Å². The number of amidine groups is 1. The highest BCUT2D eigenvalue weighted by Crippen LogP contribution is 2.40. The summed E-state index contributed by atoms with van der Waals surface area (Å²) in [5.74, 6) is 0.446. The van der Waals surface area contributed by atoms with E-state index in [0.717, 1.165) is 5.57 Å². The van der Waals surface area contributed by atoms with E-state index >= 15 is 0 Å². The zero-order chi connectivity index (χ0) is 20.8. The Bertz CT molecular complexity index is 780. The van der Waals surface area contributed by atoms with Crippen molar-refractivity contribution in [3.05, 3.63) is 23.7 Å². The number of allylic oxidation sites excluding steroid dienone is 1. The van der Waals surface area contributed by atoms with Gasteiger partial charge >= 0.3 is 8.25 Å². The molecule has 0 saturated carbocycles. The Balaban J connectivity index is 2.45. The minimum Gasteiger partial charge on any atom is -0.394 e. The van der Waals surface area contributed by atoms with Gasteiger partial charge in [0.1, 0.15) is 23.7 Å². The number of hydrogen-bond acceptors (Lipinski definition) is 8. The third-order valence-electron chi connectivity index (χ3n) is 4.35. The number of nitrogens with two attached hydrogens (primary N) is 1. The Hall–Kier alpha value is -2.01. The molecule has 11 nitrogen and oxygen atoms in total. The van der Waals surface area contributed by atoms with Crippen LogP contribution in [0.3, 0.4) is 0 Å². The molecule has 28 heavy (non-hydrogen) atoms. The predicted octanol–water partition coefficient (Wildman–Crippen LogP) is 0.826. The molecule has 0 aromatic carbocycles. The summed E-state index contributed by atoms with van der Waals surface area (Å²) in [5, 5.41) is 9.67. The van der Waals surface area contributed by atoms with E-state index in [2.05, 4.69) is 21.7 Å². The minimum atomic E-state index is -2.94. The van der Waals surface area contributed by atoms with Gasteiger partial charge in [-0.25, -0.2) is 9.98 Å². The first-order chi connectivity index (χ1) is 13.4. The third-order valence-corrected chi connectivity index (χ3v) is 4.77. The van der Waals surface area contributed by atoms with Crippen molar-refractivity contribution >= 4 is 26.6 Å². The Morgan fingerprint density at radius 1 is 1.57 bits per heavy atom. The fraction of sp³-hybridized carbons (Fsp3) is 0.562. The second-order valence-corrected chi connectivity index (χ2v) is 6.74. The molecule has 0 radical (unpaired) electrons. The summed E-state index contributed by atoms with van der Waals surface area (Å²) in [7, 11) is -1.43. The Kier molecular flexibility index (Phi) is 7.93. The Morgan fingerprint density at radius 3 is 2.82 bits per heavy atom. The topological polar surface area (TPSA) is 154 Å². The van der Waals surface area contributed by atoms with Crippen LogP contribution in [0.1, 0.15) is 25.8 Å². The highest BCUT2D eigenvalue weighted by molar-refractivity contribution is 7.32. The van der Waals surface area contributed by atoms with Crippen LogP contribution in [0.5, 0.6) is 0 Å². The molecule has 5 atom stereocenters. The average molecular weight is 414 g/mol. The first-order valence-corrected chi connectivity index (χ1v) is 9.59. The van der Waals surface area contributed by atoms with Gasteiger partial charge in [0.25, 0.3) is 0 Å². The smallest absolute Gasteiger partial charge is 0.394 e. The van der Waals surface area contributed by atoms with Crippen LogP contribution in [0, 0.1) is 0 Å². The van der Waals surface area contributed by atoms with Gasteiger partial charge in [-0.15, -0.1) is 9.42 Å². The largest absolute Gasteiger partial charge is 0.695 e. The standard InChI is InChI=1S/C16H24N5O6P/c1-5-9(2)7-25-13-12(27-28(23)24)10(6-22)26-16(13)21-8-20-11(14(17)18-3)15(21)19-4/h5,8,10,12-13,16,22H,4,6-7H2,1-3H3,(H2-,17,18,23,24)/p+1/b9-5+/t10-,12?,13?,16-/m1/s1. The van der Waals surface area contributed by atoms with E-state index < -0.39 is 39.4 Å². The van der Waals surface area contributed by atoms with Crippen molar-refractivity contribution in [2.75, 3.05) is 20.3 Å². The van der Waals surface area contributed by atoms with Gasteiger partial charge < -0.3 is 20.3 Å². The molecule has 0 amide bonds. The molecule has 0 bridgehead atoms. The molecule has 1 fully saturated rings. The first kappa shape index (κ1) is 22.3. The summed E-state index contributed by atoms with van der Waals surface area (Å²) in [6, 6.07) is 0. The fourth-order valence-corrected chi connectivity index (χ4v) is 3.25. The molecule has 1 aromatic heterocycles. The van der Waals surface area contributed by atoms with E-state index in [1.165, 1.54) is 17.9 Å². The van der Waals surface area contributed by atoms with Crippen LogP contribution in [0.15, 0.2) is 28.0 Å². The van der Waals surface area contributed by atoms with E-state index in [-0.39, 0.29) is 18.3 Å². The van der Waals surface area contributed by atoms with Gasteiger partial charge in [-0.1, -0.05) is 11.6 Å². The summed E-state index contributed by atoms with van der Waals surface area (Å²) in [4.78, 5) is 21.3. The molecule has 1 saturated heterocycles. The molecule has 1 aromatic rings. The average Bonchev–Trinajstić information content (AvgIpc) is 3.25. The lowest BCUT2D eigenvalue weighted by Gasteiger charge is -2.22. The number of imidazole rings is 1. The van der Waals surface area contributed by atoms with Crippen molar-refractivity contribution in [3.63, 3.8) is 0 Å². The molecule has 2 rings (SSSR count). The van der Waals surface area contributed by atoms with Crippen LogP contribution < -0.4 is 5.73 Å². The molecule has 1 aliphatic heterocycles. The Labute approximate surface area is 163 Å². The maximum Gasteiger partial charge on any atom is 0.695 e. The summed E-state index contributed by atoms with van der Waals surface area (Å²) < 4.78 is 29.7. The molecule has 1 aliphatic rings. The van der Waals surface area contributed by atoms with Gasteiger partial charge in [0.05, 0.1) is 19.5 Å². The minimum absolute atomic E-state index is 0.159. The van der Waals surface area contributed by atoms with Crippen LogP contribution in [0.4, 0.5) is 5.82 Å². The van der Waals surface area contributed by atoms with E-state index in [1.807, 2.05) is 19.9 Å². The number of ether oxygens (including phenoxy) is 2. The SMILES string of the molecule is C=Nc1c(C(N)=NC)ncn1[C@@H]1O[C@H](CO)C(O[P+](=O)O)C1OC/C(C)=C/C. The summed E-state index contributed by atoms with van der Waals surface area (Å²) in [6.07, 6.45) is -0.270. The van der Waals surface area contributed by atoms with E-state index in [9.17, 15) is 14.6 Å². The number of aromatic nitrogens is 2. The second-order valence-electron chi connectivity index (χ2n) is 6.06. The summed E-state index contributed by atoms with van der Waals surface area (Å²) >= 11 is 0. The van der Waals surface area contributed by atoms with Crippen molar-refractivity contribution in [2.24, 2.45) is 15.7 Å². The molecule has 12 heteroatoms. The van der Waals surface area contributed by atoms with Crippen LogP contribution in [-0.4, -0.2) is 70.7 Å². The fourth-order valence-electron chi connectivity index (χ4n) is 2.78. The maximum absolute atomic E-state index is 11.3. The molecule has 4 N–H and O–H groups in total. The molecular weight excluding hydrogens is 389 g/mol. The lowest BCUT2D eigenvalue weighted by Crippen LogP contribution is -2.37. The summed E-state index contributed by atoms with van der Waals surface area (Å²) in [5.41, 5.74) is 7.10. The highest BCUT2D eigenvalue weighted by Gasteiger charge is 2.51. The maximum atomic E-state index is 11.3. The number of aliphatic imine (C=N–C) groups is 2. The van der Waals surface area contributed by atoms with Crippen molar-refractivity contribution in [1.82, 2.24) is 9.55 Å². The van der Waals surface area contributed by atoms with Gasteiger partial charge in [-0.05, 0) is 20.6 Å². The van der Waals surface area contributed by atoms with Crippen LogP contribution >= 0.6 is 8.25 Å². The number of hydrogen-bond donors (Lipinski definition) is 3. The number of nitrogens with zero attached hydrogens (tertiary/aromatic N) is 4. The van der Waals surface area contributed by atoms with E-state index in [4.69, 9.17) is 19.7 Å². The molecule has 0 spiro atoms. The van der Waals surface area contributed by atoms with E-state index in [1.54, 1.807) is 0 Å². The van der Waals surface area contributed by atoms with Crippen molar-refractivity contribution in [3.8, 4) is 0 Å². The number of rotatable bonds is 9. The van der Waals surface area contributed by atoms with Gasteiger partial charge in [0.2, 0.25) is 0 Å². The lowest BCUT2D eigenvalue weighted by atomic mass is 10.1. The lowest BCUT2D eigenvalue weighted by molar-refractivity contribution is -0.0663. The molecule has 2 heterocycles. The van der Waals surface area contributed by atoms with Crippen molar-refractivity contribution in [2.45, 2.75) is 38.4 Å². The number of aliphatic hydroxyl groups excluding tert-OH is 1. The van der Waals surface area contributed by atoms with Crippen LogP contribution in [-0.2, 0) is 18.6 Å². The van der Waals surface area contributed by atoms with Crippen LogP contribution in [0.2, 0.25) is 0 Å². The van der Waals surface area contributed by atoms with Crippen molar-refractivity contribution in [1.29, 1.82) is 0 Å². The molecule has 0 aliphatic carbocycles. The normalized spacial score (nSPS) is 26.5. The van der Waals surface area contributed by atoms with Crippen LogP contribution in [0.25, 0.3) is 0 Å². The zero-order valence-corrected chi connectivity index (χ0v) is 16.8. The zero-order valence-electron chi connectivity index (χ0n) is 15.9. The van der Waals surface area contributed by atoms with Crippen molar-refractivity contribution < 1.29 is 28.6 Å². The highest BCUT2D eigenvalue weighted by atomic mass is 31.1. The van der Waals surface area contributed by atoms with Gasteiger partial charge in [-0.2, -0.15) is 0 Å². The monoisotopic (exact) mass is 414 g/mol. The second kappa shape index (κ2) is 9.97. The number of aliphatic hydroxyl groups is 1. The summed E-state index contributed by atoms with van der Waals surface area (Å²) in [6.45, 7) is 7.07. The molecular formula is C16H25N5O6P+. The Morgan fingerprint density at radius 2 is 2.29 bits per heavy atom. The van der Waals surface area contributed by atoms with Gasteiger partial charge in [0.15, 0.2) is 18.1 Å². The quantitative estimate of drug-likeness (QED) is 0.232. The third kappa shape index (κ3) is 4.69. The van der Waals surface area contributed by atoms with Gasteiger partial charge in [-0.3, -0.25) is 9.56 Å². The first-order valence-electron chi connectivity index (χ1n) is 8.46.